The van der Waals surface area contributed by atoms with Gasteiger partial charge in [-0.3, -0.25) is 4.57 Å². The van der Waals surface area contributed by atoms with Crippen LogP contribution in [0.4, 0.5) is 0 Å². The Bertz CT molecular complexity index is 3510. The third-order valence-corrected chi connectivity index (χ3v) is 11.1. The summed E-state index contributed by atoms with van der Waals surface area (Å²) in [4.78, 5) is 15.5. The molecule has 0 aliphatic rings. The lowest BCUT2D eigenvalue weighted by Gasteiger charge is -2.11. The summed E-state index contributed by atoms with van der Waals surface area (Å²) in [6.45, 7) is 0. The van der Waals surface area contributed by atoms with Gasteiger partial charge in [-0.05, 0) is 53.1 Å². The minimum Gasteiger partial charge on any atom is -0.456 e. The summed E-state index contributed by atoms with van der Waals surface area (Å²) < 4.78 is 15.6. The van der Waals surface area contributed by atoms with Gasteiger partial charge in [0.15, 0.2) is 11.6 Å². The zero-order chi connectivity index (χ0) is 37.5. The second kappa shape index (κ2) is 12.3. The Balaban J connectivity index is 1.09. The van der Waals surface area contributed by atoms with Gasteiger partial charge in [0.1, 0.15) is 22.3 Å². The van der Waals surface area contributed by atoms with Gasteiger partial charge in [0.2, 0.25) is 5.95 Å². The average molecular weight is 731 g/mol. The number of aromatic nitrogens is 4. The number of para-hydroxylation sites is 2. The maximum absolute atomic E-state index is 6.92. The zero-order valence-electron chi connectivity index (χ0n) is 30.4. The highest BCUT2D eigenvalue weighted by atomic mass is 16.3. The van der Waals surface area contributed by atoms with Crippen LogP contribution >= 0.6 is 0 Å². The van der Waals surface area contributed by atoms with Gasteiger partial charge in [0.25, 0.3) is 0 Å². The van der Waals surface area contributed by atoms with Crippen molar-refractivity contribution in [1.82, 2.24) is 19.5 Å². The van der Waals surface area contributed by atoms with Crippen LogP contribution in [0.5, 0.6) is 0 Å². The first kappa shape index (κ1) is 31.5. The maximum Gasteiger partial charge on any atom is 0.238 e. The maximum atomic E-state index is 6.92. The molecule has 8 aromatic carbocycles. The van der Waals surface area contributed by atoms with E-state index in [-0.39, 0.29) is 0 Å². The van der Waals surface area contributed by atoms with Gasteiger partial charge in [-0.2, -0.15) is 9.97 Å². The Morgan fingerprint density at radius 2 is 0.965 bits per heavy atom. The molecule has 0 radical (unpaired) electrons. The molecule has 57 heavy (non-hydrogen) atoms. The normalized spacial score (nSPS) is 11.9. The van der Waals surface area contributed by atoms with E-state index in [4.69, 9.17) is 23.8 Å². The van der Waals surface area contributed by atoms with Crippen molar-refractivity contribution in [3.05, 3.63) is 182 Å². The van der Waals surface area contributed by atoms with E-state index < -0.39 is 0 Å². The first-order valence-corrected chi connectivity index (χ1v) is 19.0. The van der Waals surface area contributed by atoms with Crippen molar-refractivity contribution in [2.45, 2.75) is 0 Å². The van der Waals surface area contributed by atoms with Gasteiger partial charge >= 0.3 is 0 Å². The molecular formula is C51H30N4O2. The van der Waals surface area contributed by atoms with Crippen molar-refractivity contribution in [1.29, 1.82) is 0 Å². The van der Waals surface area contributed by atoms with Crippen molar-refractivity contribution in [3.8, 4) is 51.0 Å². The molecule has 4 aromatic heterocycles. The smallest absolute Gasteiger partial charge is 0.238 e. The highest BCUT2D eigenvalue weighted by Crippen LogP contribution is 2.43. The molecule has 6 heteroatoms. The molecule has 0 saturated heterocycles. The first-order valence-electron chi connectivity index (χ1n) is 19.0. The number of rotatable bonds is 5. The number of nitrogens with zero attached hydrogens (tertiary/aromatic N) is 4. The molecule has 6 nitrogen and oxygen atoms in total. The summed E-state index contributed by atoms with van der Waals surface area (Å²) in [6.07, 6.45) is 0. The molecule has 12 rings (SSSR count). The van der Waals surface area contributed by atoms with E-state index >= 15 is 0 Å². The number of benzene rings is 8. The Hall–Kier alpha value is -7.83. The Morgan fingerprint density at radius 3 is 1.75 bits per heavy atom. The molecule has 0 spiro atoms. The lowest BCUT2D eigenvalue weighted by molar-refractivity contribution is 0.669. The largest absolute Gasteiger partial charge is 0.456 e. The predicted octanol–water partition coefficient (Wildman–Crippen LogP) is 13.4. The molecule has 0 aliphatic heterocycles. The van der Waals surface area contributed by atoms with Gasteiger partial charge in [-0.1, -0.05) is 146 Å². The van der Waals surface area contributed by atoms with Gasteiger partial charge in [-0.15, -0.1) is 0 Å². The van der Waals surface area contributed by atoms with E-state index in [1.54, 1.807) is 0 Å². The molecule has 266 valence electrons. The minimum absolute atomic E-state index is 0.515. The Kier molecular flexibility index (Phi) is 6.83. The van der Waals surface area contributed by atoms with Crippen LogP contribution in [0.25, 0.3) is 117 Å². The summed E-state index contributed by atoms with van der Waals surface area (Å²) >= 11 is 0. The van der Waals surface area contributed by atoms with Crippen LogP contribution in [0.15, 0.2) is 191 Å². The van der Waals surface area contributed by atoms with Crippen molar-refractivity contribution >= 4 is 65.7 Å². The molecule has 0 unspecified atom stereocenters. The van der Waals surface area contributed by atoms with Crippen LogP contribution in [0.2, 0.25) is 0 Å². The summed E-state index contributed by atoms with van der Waals surface area (Å²) in [5.41, 5.74) is 11.4. The zero-order valence-corrected chi connectivity index (χ0v) is 30.4. The number of fused-ring (bicyclic) bond motifs is 10. The van der Waals surface area contributed by atoms with Gasteiger partial charge < -0.3 is 8.83 Å². The van der Waals surface area contributed by atoms with E-state index in [0.717, 1.165) is 99.1 Å². The van der Waals surface area contributed by atoms with Crippen LogP contribution in [-0.2, 0) is 0 Å². The van der Waals surface area contributed by atoms with Crippen molar-refractivity contribution in [3.63, 3.8) is 0 Å². The number of hydrogen-bond acceptors (Lipinski definition) is 5. The molecule has 0 aliphatic carbocycles. The third kappa shape index (κ3) is 4.87. The fourth-order valence-electron chi connectivity index (χ4n) is 8.50. The summed E-state index contributed by atoms with van der Waals surface area (Å²) in [5.74, 6) is 1.64. The minimum atomic E-state index is 0.515. The van der Waals surface area contributed by atoms with E-state index in [1.165, 1.54) is 0 Å². The standard InChI is InChI=1S/C51H30N4O2/c1-4-14-31(15-5-1)35-21-13-25-43-45(35)40-27-26-34(30-44(40)56-43)50-52-49(33-18-8-3-9-19-33)53-51(54-50)55-41-24-11-10-20-39(41)46-42(55)29-28-38-37-23-12-22-36(47(37)57-48(38)46)32-16-6-2-7-17-32/h1-30H. The van der Waals surface area contributed by atoms with Crippen LogP contribution in [0.3, 0.4) is 0 Å². The van der Waals surface area contributed by atoms with Crippen LogP contribution in [0, 0.1) is 0 Å². The predicted molar refractivity (Wildman–Crippen MR) is 230 cm³/mol. The van der Waals surface area contributed by atoms with Crippen molar-refractivity contribution < 1.29 is 8.83 Å². The SMILES string of the molecule is c1ccc(-c2nc(-c3ccc4c(c3)oc3cccc(-c5ccccc5)c34)nc(-n3c4ccccc4c4c5oc6c(-c7ccccc7)cccc6c5ccc43)n2)cc1. The highest BCUT2D eigenvalue weighted by Gasteiger charge is 2.23. The molecule has 0 saturated carbocycles. The second-order valence-corrected chi connectivity index (χ2v) is 14.3. The topological polar surface area (TPSA) is 69.9 Å². The molecule has 4 heterocycles. The van der Waals surface area contributed by atoms with E-state index in [1.807, 2.05) is 60.7 Å². The van der Waals surface area contributed by atoms with Crippen LogP contribution in [0.1, 0.15) is 0 Å². The Morgan fingerprint density at radius 1 is 0.351 bits per heavy atom. The fraction of sp³-hybridized carbons (Fsp3) is 0. The lowest BCUT2D eigenvalue weighted by atomic mass is 9.99. The first-order chi connectivity index (χ1) is 28.3. The summed E-state index contributed by atoms with van der Waals surface area (Å²) in [5, 5.41) is 6.34. The quantitative estimate of drug-likeness (QED) is 0.176. The lowest BCUT2D eigenvalue weighted by Crippen LogP contribution is -2.06. The van der Waals surface area contributed by atoms with Gasteiger partial charge in [0.05, 0.1) is 16.4 Å². The highest BCUT2D eigenvalue weighted by molar-refractivity contribution is 6.24. The average Bonchev–Trinajstić information content (AvgIpc) is 3.96. The molecule has 12 aromatic rings. The summed E-state index contributed by atoms with van der Waals surface area (Å²) in [7, 11) is 0. The van der Waals surface area contributed by atoms with E-state index in [9.17, 15) is 0 Å². The van der Waals surface area contributed by atoms with E-state index in [0.29, 0.717) is 17.6 Å². The van der Waals surface area contributed by atoms with Crippen LogP contribution in [-0.4, -0.2) is 19.5 Å². The van der Waals surface area contributed by atoms with Gasteiger partial charge in [0, 0.05) is 43.6 Å². The molecule has 0 N–H and O–H groups in total. The third-order valence-electron chi connectivity index (χ3n) is 11.1. The molecule has 0 fully saturated rings. The Labute approximate surface area is 325 Å². The molecule has 0 atom stereocenters. The molecular weight excluding hydrogens is 701 g/mol. The summed E-state index contributed by atoms with van der Waals surface area (Å²) in [6, 6.07) is 62.5. The van der Waals surface area contributed by atoms with Crippen molar-refractivity contribution in [2.24, 2.45) is 0 Å². The van der Waals surface area contributed by atoms with Crippen LogP contribution < -0.4 is 0 Å². The molecule has 0 amide bonds. The van der Waals surface area contributed by atoms with Gasteiger partial charge in [-0.25, -0.2) is 4.98 Å². The monoisotopic (exact) mass is 730 g/mol. The van der Waals surface area contributed by atoms with Crippen molar-refractivity contribution in [2.75, 3.05) is 0 Å². The number of hydrogen-bond donors (Lipinski definition) is 0. The number of furan rings is 2. The van der Waals surface area contributed by atoms with E-state index in [2.05, 4.69) is 126 Å². The second-order valence-electron chi connectivity index (χ2n) is 14.3. The molecule has 0 bridgehead atoms. The fourth-order valence-corrected chi connectivity index (χ4v) is 8.50.